The van der Waals surface area contributed by atoms with Gasteiger partial charge in [0.1, 0.15) is 5.75 Å². The van der Waals surface area contributed by atoms with Crippen LogP contribution in [0.4, 0.5) is 5.69 Å². The summed E-state index contributed by atoms with van der Waals surface area (Å²) >= 11 is 1.10. The number of carbonyl (C=O) groups excluding carboxylic acids is 3. The highest BCUT2D eigenvalue weighted by Gasteiger charge is 2.61. The Hall–Kier alpha value is -3.33. The SMILES string of the molecule is CC(=O)NC1=NN(C(C)=O)[C@@]2(S1)C(=O)N(CCCOc1ccc(C)cc1)c1c(C)cc(C)cc12. The van der Waals surface area contributed by atoms with E-state index in [0.29, 0.717) is 25.1 Å². The van der Waals surface area contributed by atoms with Crippen molar-refractivity contribution in [3.63, 3.8) is 0 Å². The third-order valence-electron chi connectivity index (χ3n) is 5.75. The monoisotopic (exact) mass is 480 g/mol. The van der Waals surface area contributed by atoms with Crippen molar-refractivity contribution in [3.8, 4) is 5.75 Å². The van der Waals surface area contributed by atoms with Crippen LogP contribution in [-0.2, 0) is 19.3 Å². The van der Waals surface area contributed by atoms with Crippen molar-refractivity contribution in [2.45, 2.75) is 45.9 Å². The van der Waals surface area contributed by atoms with Crippen LogP contribution in [0.2, 0.25) is 0 Å². The first-order valence-corrected chi connectivity index (χ1v) is 11.9. The molecule has 4 rings (SSSR count). The molecule has 0 saturated carbocycles. The predicted octanol–water partition coefficient (Wildman–Crippen LogP) is 3.58. The zero-order chi connectivity index (χ0) is 24.6. The number of aryl methyl sites for hydroxylation is 3. The Kier molecular flexibility index (Phi) is 6.40. The number of hydrogen-bond donors (Lipinski definition) is 1. The van der Waals surface area contributed by atoms with Crippen LogP contribution in [0.5, 0.6) is 5.75 Å². The molecule has 2 aliphatic rings. The van der Waals surface area contributed by atoms with Crippen molar-refractivity contribution in [2.24, 2.45) is 5.10 Å². The van der Waals surface area contributed by atoms with Crippen molar-refractivity contribution in [3.05, 3.63) is 58.7 Å². The fraction of sp³-hybridized carbons (Fsp3) is 0.360. The Balaban J connectivity index is 1.63. The molecule has 8 nitrogen and oxygen atoms in total. The number of anilines is 1. The number of fused-ring (bicyclic) bond motifs is 2. The zero-order valence-electron chi connectivity index (χ0n) is 20.0. The smallest absolute Gasteiger partial charge is 0.270 e. The molecule has 0 radical (unpaired) electrons. The summed E-state index contributed by atoms with van der Waals surface area (Å²) in [6.07, 6.45) is 0.604. The molecule has 0 aliphatic carbocycles. The van der Waals surface area contributed by atoms with E-state index in [4.69, 9.17) is 4.74 Å². The number of hydrazone groups is 1. The lowest BCUT2D eigenvalue weighted by molar-refractivity contribution is -0.139. The Morgan fingerprint density at radius 3 is 2.44 bits per heavy atom. The first-order valence-electron chi connectivity index (χ1n) is 11.1. The number of amidine groups is 1. The lowest BCUT2D eigenvalue weighted by atomic mass is 10.0. The van der Waals surface area contributed by atoms with Crippen LogP contribution in [0.1, 0.15) is 42.5 Å². The van der Waals surface area contributed by atoms with E-state index in [2.05, 4.69) is 10.4 Å². The Morgan fingerprint density at radius 1 is 1.09 bits per heavy atom. The highest BCUT2D eigenvalue weighted by Crippen LogP contribution is 2.55. The second-order valence-corrected chi connectivity index (χ2v) is 9.79. The van der Waals surface area contributed by atoms with Gasteiger partial charge in [0.2, 0.25) is 16.7 Å². The van der Waals surface area contributed by atoms with Crippen LogP contribution >= 0.6 is 11.8 Å². The van der Waals surface area contributed by atoms with Gasteiger partial charge in [0.15, 0.2) is 5.17 Å². The summed E-state index contributed by atoms with van der Waals surface area (Å²) in [6, 6.07) is 11.8. The molecule has 0 unspecified atom stereocenters. The minimum atomic E-state index is -1.38. The molecule has 3 amide bonds. The summed E-state index contributed by atoms with van der Waals surface area (Å²) in [5, 5.41) is 8.37. The zero-order valence-corrected chi connectivity index (χ0v) is 20.8. The van der Waals surface area contributed by atoms with Crippen molar-refractivity contribution in [1.82, 2.24) is 10.3 Å². The third-order valence-corrected chi connectivity index (χ3v) is 6.99. The van der Waals surface area contributed by atoms with Crippen LogP contribution in [0.25, 0.3) is 0 Å². The molecule has 1 spiro atoms. The molecule has 2 aromatic rings. The highest BCUT2D eigenvalue weighted by molar-refractivity contribution is 8.15. The molecule has 1 N–H and O–H groups in total. The van der Waals surface area contributed by atoms with Gasteiger partial charge in [0.05, 0.1) is 12.3 Å². The normalized spacial score (nSPS) is 18.9. The molecule has 2 aromatic carbocycles. The van der Waals surface area contributed by atoms with Gasteiger partial charge in [0, 0.05) is 26.0 Å². The van der Waals surface area contributed by atoms with Gasteiger partial charge in [-0.2, -0.15) is 5.01 Å². The molecule has 0 fully saturated rings. The van der Waals surface area contributed by atoms with Gasteiger partial charge in [0.25, 0.3) is 5.91 Å². The topological polar surface area (TPSA) is 91.3 Å². The van der Waals surface area contributed by atoms with E-state index in [0.717, 1.165) is 39.9 Å². The van der Waals surface area contributed by atoms with E-state index in [-0.39, 0.29) is 22.9 Å². The van der Waals surface area contributed by atoms with Crippen LogP contribution in [-0.4, -0.2) is 41.0 Å². The van der Waals surface area contributed by atoms with Crippen molar-refractivity contribution < 1.29 is 19.1 Å². The average Bonchev–Trinajstić information content (AvgIpc) is 3.24. The number of hydrogen-bond acceptors (Lipinski definition) is 6. The summed E-state index contributed by atoms with van der Waals surface area (Å²) in [5.74, 6) is -0.167. The quantitative estimate of drug-likeness (QED) is 0.661. The number of nitrogens with zero attached hydrogens (tertiary/aromatic N) is 3. The van der Waals surface area contributed by atoms with Gasteiger partial charge in [-0.3, -0.25) is 14.4 Å². The first-order chi connectivity index (χ1) is 16.1. The van der Waals surface area contributed by atoms with Crippen LogP contribution in [0.3, 0.4) is 0 Å². The molecule has 178 valence electrons. The molecule has 0 saturated heterocycles. The fourth-order valence-electron chi connectivity index (χ4n) is 4.40. The highest BCUT2D eigenvalue weighted by atomic mass is 32.2. The van der Waals surface area contributed by atoms with Crippen LogP contribution < -0.4 is 15.0 Å². The minimum absolute atomic E-state index is 0.228. The van der Waals surface area contributed by atoms with Crippen molar-refractivity contribution >= 4 is 40.3 Å². The molecule has 0 bridgehead atoms. The number of benzene rings is 2. The minimum Gasteiger partial charge on any atom is -0.494 e. The largest absolute Gasteiger partial charge is 0.494 e. The number of thioether (sulfide) groups is 1. The predicted molar refractivity (Wildman–Crippen MR) is 133 cm³/mol. The second-order valence-electron chi connectivity index (χ2n) is 8.61. The van der Waals surface area contributed by atoms with Gasteiger partial charge in [-0.05, 0) is 56.7 Å². The molecule has 2 aliphatic heterocycles. The summed E-state index contributed by atoms with van der Waals surface area (Å²) in [7, 11) is 0. The fourth-order valence-corrected chi connectivity index (χ4v) is 5.71. The van der Waals surface area contributed by atoms with Gasteiger partial charge >= 0.3 is 0 Å². The Bertz CT molecular complexity index is 1190. The van der Waals surface area contributed by atoms with E-state index >= 15 is 0 Å². The van der Waals surface area contributed by atoms with Gasteiger partial charge in [-0.15, -0.1) is 5.10 Å². The molecular weight excluding hydrogens is 452 g/mol. The van der Waals surface area contributed by atoms with Gasteiger partial charge in [-0.25, -0.2) is 0 Å². The van der Waals surface area contributed by atoms with E-state index in [1.807, 2.05) is 57.2 Å². The summed E-state index contributed by atoms with van der Waals surface area (Å²) in [6.45, 7) is 9.54. The van der Waals surface area contributed by atoms with E-state index < -0.39 is 4.87 Å². The van der Waals surface area contributed by atoms with E-state index in [1.54, 1.807) is 4.90 Å². The van der Waals surface area contributed by atoms with E-state index in [9.17, 15) is 14.4 Å². The third kappa shape index (κ3) is 4.16. The molecule has 2 heterocycles. The summed E-state index contributed by atoms with van der Waals surface area (Å²) < 4.78 is 5.85. The molecule has 1 atom stereocenters. The van der Waals surface area contributed by atoms with Crippen molar-refractivity contribution in [2.75, 3.05) is 18.1 Å². The maximum absolute atomic E-state index is 14.0. The molecule has 9 heteroatoms. The first kappa shape index (κ1) is 23.8. The lowest BCUT2D eigenvalue weighted by Gasteiger charge is -2.29. The second kappa shape index (κ2) is 9.13. The Labute approximate surface area is 203 Å². The number of carbonyl (C=O) groups is 3. The van der Waals surface area contributed by atoms with Gasteiger partial charge < -0.3 is 15.0 Å². The maximum atomic E-state index is 14.0. The average molecular weight is 481 g/mol. The van der Waals surface area contributed by atoms with Crippen molar-refractivity contribution in [1.29, 1.82) is 0 Å². The standard InChI is InChI=1S/C25H28N4O4S/c1-15-7-9-20(10-8-15)33-12-6-11-28-22-17(3)13-16(2)14-21(22)25(23(28)32)29(19(5)31)27-24(34-25)26-18(4)30/h7-10,13-14H,6,11-12H2,1-5H3,(H,26,27,30)/t25-/m0/s1. The number of ether oxygens (including phenoxy) is 1. The van der Waals surface area contributed by atoms with Gasteiger partial charge in [-0.1, -0.05) is 35.4 Å². The summed E-state index contributed by atoms with van der Waals surface area (Å²) in [4.78, 5) is 38.6. The lowest BCUT2D eigenvalue weighted by Crippen LogP contribution is -2.48. The van der Waals surface area contributed by atoms with Crippen LogP contribution in [0, 0.1) is 20.8 Å². The Morgan fingerprint density at radius 2 is 1.79 bits per heavy atom. The van der Waals surface area contributed by atoms with E-state index in [1.165, 1.54) is 18.9 Å². The number of rotatable bonds is 5. The molecular formula is C25H28N4O4S. The molecule has 34 heavy (non-hydrogen) atoms. The summed E-state index contributed by atoms with van der Waals surface area (Å²) in [5.41, 5.74) is 4.57. The molecule has 0 aromatic heterocycles. The maximum Gasteiger partial charge on any atom is 0.270 e. The number of amides is 3. The number of nitrogens with one attached hydrogen (secondary N) is 1. The van der Waals surface area contributed by atoms with Crippen LogP contribution in [0.15, 0.2) is 41.5 Å².